The van der Waals surface area contributed by atoms with Crippen LogP contribution in [0.3, 0.4) is 0 Å². The van der Waals surface area contributed by atoms with Gasteiger partial charge in [-0.05, 0) is 36.8 Å². The zero-order chi connectivity index (χ0) is 19.7. The summed E-state index contributed by atoms with van der Waals surface area (Å²) in [6, 6.07) is 6.92. The number of nitrogens with zero attached hydrogens (tertiary/aromatic N) is 4. The lowest BCUT2D eigenvalue weighted by molar-refractivity contribution is 0.0623. The Morgan fingerprint density at radius 2 is 1.93 bits per heavy atom. The number of aromatic amines is 1. The highest BCUT2D eigenvalue weighted by Crippen LogP contribution is 2.22. The van der Waals surface area contributed by atoms with Gasteiger partial charge in [0.05, 0.1) is 17.2 Å². The van der Waals surface area contributed by atoms with Crippen LogP contribution in [0, 0.1) is 6.92 Å². The predicted molar refractivity (Wildman–Crippen MR) is 104 cm³/mol. The van der Waals surface area contributed by atoms with Crippen LogP contribution in [0.4, 0.5) is 4.79 Å². The third kappa shape index (κ3) is 3.63. The van der Waals surface area contributed by atoms with Crippen LogP contribution in [0.25, 0.3) is 11.0 Å². The van der Waals surface area contributed by atoms with Crippen molar-refractivity contribution in [2.24, 2.45) is 0 Å². The summed E-state index contributed by atoms with van der Waals surface area (Å²) in [6.45, 7) is 3.47. The molecule has 9 heteroatoms. The molecule has 144 valence electrons. The molecule has 0 spiro atoms. The number of H-pyrrole nitrogens is 1. The molecule has 28 heavy (non-hydrogen) atoms. The van der Waals surface area contributed by atoms with Crippen molar-refractivity contribution in [1.29, 1.82) is 0 Å². The minimum Gasteiger partial charge on any atom is -0.409 e. The summed E-state index contributed by atoms with van der Waals surface area (Å²) in [7, 11) is 0. The number of hydrogen-bond acceptors (Lipinski definition) is 5. The van der Waals surface area contributed by atoms with E-state index in [9.17, 15) is 9.59 Å². The van der Waals surface area contributed by atoms with Gasteiger partial charge in [-0.1, -0.05) is 11.6 Å². The number of fused-ring (bicyclic) bond motifs is 1. The van der Waals surface area contributed by atoms with Gasteiger partial charge in [-0.3, -0.25) is 9.78 Å². The number of amides is 2. The number of imidazole rings is 1. The molecular formula is C19H18ClN5O3. The van der Waals surface area contributed by atoms with Crippen LogP contribution in [0.2, 0.25) is 5.02 Å². The molecule has 0 bridgehead atoms. The van der Waals surface area contributed by atoms with E-state index in [1.54, 1.807) is 34.2 Å². The number of piperazine rings is 1. The minimum atomic E-state index is -0.450. The molecule has 0 unspecified atom stereocenters. The third-order valence-electron chi connectivity index (χ3n) is 4.61. The molecule has 1 aliphatic rings. The van der Waals surface area contributed by atoms with Crippen LogP contribution < -0.4 is 4.74 Å². The predicted octanol–water partition coefficient (Wildman–Crippen LogP) is 2.88. The van der Waals surface area contributed by atoms with Crippen LogP contribution >= 0.6 is 11.6 Å². The maximum absolute atomic E-state index is 12.8. The minimum absolute atomic E-state index is 0.202. The first-order valence-corrected chi connectivity index (χ1v) is 9.21. The number of pyridine rings is 1. The molecule has 1 N–H and O–H groups in total. The Balaban J connectivity index is 1.40. The summed E-state index contributed by atoms with van der Waals surface area (Å²) >= 11 is 6.07. The standard InChI is InChI=1S/C19H18ClN5O3/c1-12-9-13(20)10-15-16(12)23-17(22-15)18(26)24-5-7-25(8-6-24)19(27)28-14-3-2-4-21-11-14/h2-4,9-11H,5-8H2,1H3,(H,22,23). The normalized spacial score (nSPS) is 14.4. The van der Waals surface area contributed by atoms with Crippen molar-refractivity contribution in [1.82, 2.24) is 24.8 Å². The smallest absolute Gasteiger partial charge is 0.409 e. The van der Waals surface area contributed by atoms with Crippen molar-refractivity contribution in [3.8, 4) is 5.75 Å². The van der Waals surface area contributed by atoms with Crippen molar-refractivity contribution in [2.75, 3.05) is 26.2 Å². The number of carbonyl (C=O) groups excluding carboxylic acids is 2. The van der Waals surface area contributed by atoms with Gasteiger partial charge in [-0.2, -0.15) is 0 Å². The lowest BCUT2D eigenvalue weighted by Crippen LogP contribution is -2.51. The first kappa shape index (κ1) is 18.2. The summed E-state index contributed by atoms with van der Waals surface area (Å²) in [6.07, 6.45) is 2.64. The zero-order valence-corrected chi connectivity index (χ0v) is 15.9. The third-order valence-corrected chi connectivity index (χ3v) is 4.83. The SMILES string of the molecule is Cc1cc(Cl)cc2[nH]c(C(=O)N3CCN(C(=O)Oc4cccnc4)CC3)nc12. The molecule has 1 aliphatic heterocycles. The molecule has 1 saturated heterocycles. The van der Waals surface area contributed by atoms with Crippen LogP contribution in [0.15, 0.2) is 36.7 Å². The van der Waals surface area contributed by atoms with E-state index >= 15 is 0 Å². The molecule has 0 atom stereocenters. The zero-order valence-electron chi connectivity index (χ0n) is 15.2. The fourth-order valence-electron chi connectivity index (χ4n) is 3.16. The topological polar surface area (TPSA) is 91.4 Å². The van der Waals surface area contributed by atoms with E-state index in [1.165, 1.54) is 6.20 Å². The average Bonchev–Trinajstić information content (AvgIpc) is 3.13. The van der Waals surface area contributed by atoms with Crippen molar-refractivity contribution in [3.05, 3.63) is 53.1 Å². The van der Waals surface area contributed by atoms with Crippen molar-refractivity contribution in [3.63, 3.8) is 0 Å². The summed E-state index contributed by atoms with van der Waals surface area (Å²) in [5.74, 6) is 0.459. The number of nitrogens with one attached hydrogen (secondary N) is 1. The van der Waals surface area contributed by atoms with Gasteiger partial charge < -0.3 is 19.5 Å². The highest BCUT2D eigenvalue weighted by Gasteiger charge is 2.27. The van der Waals surface area contributed by atoms with Crippen molar-refractivity contribution >= 4 is 34.6 Å². The average molecular weight is 400 g/mol. The highest BCUT2D eigenvalue weighted by atomic mass is 35.5. The fourth-order valence-corrected chi connectivity index (χ4v) is 3.44. The molecule has 1 aromatic carbocycles. The Morgan fingerprint density at radius 1 is 1.18 bits per heavy atom. The quantitative estimate of drug-likeness (QED) is 0.715. The highest BCUT2D eigenvalue weighted by molar-refractivity contribution is 6.31. The van der Waals surface area contributed by atoms with Crippen LogP contribution in [0.1, 0.15) is 16.2 Å². The molecule has 0 aliphatic carbocycles. The van der Waals surface area contributed by atoms with E-state index in [2.05, 4.69) is 15.0 Å². The fraction of sp³-hybridized carbons (Fsp3) is 0.263. The number of halogens is 1. The van der Waals surface area contributed by atoms with Gasteiger partial charge in [0.15, 0.2) is 11.6 Å². The molecule has 0 saturated carbocycles. The van der Waals surface area contributed by atoms with E-state index in [0.29, 0.717) is 37.0 Å². The van der Waals surface area contributed by atoms with Crippen LogP contribution in [-0.2, 0) is 0 Å². The van der Waals surface area contributed by atoms with Crippen LogP contribution in [0.5, 0.6) is 5.75 Å². The van der Waals surface area contributed by atoms with E-state index in [1.807, 2.05) is 13.0 Å². The molecule has 0 radical (unpaired) electrons. The van der Waals surface area contributed by atoms with Crippen molar-refractivity contribution in [2.45, 2.75) is 6.92 Å². The van der Waals surface area contributed by atoms with Gasteiger partial charge in [0, 0.05) is 37.4 Å². The van der Waals surface area contributed by atoms with Crippen molar-refractivity contribution < 1.29 is 14.3 Å². The Morgan fingerprint density at radius 3 is 2.64 bits per heavy atom. The van der Waals surface area contributed by atoms with Gasteiger partial charge in [-0.15, -0.1) is 0 Å². The number of benzene rings is 1. The molecule has 2 aromatic heterocycles. The van der Waals surface area contributed by atoms with Crippen LogP contribution in [-0.4, -0.2) is 62.9 Å². The lowest BCUT2D eigenvalue weighted by Gasteiger charge is -2.33. The summed E-state index contributed by atoms with van der Waals surface area (Å²) in [5.41, 5.74) is 2.36. The van der Waals surface area contributed by atoms with Gasteiger partial charge in [0.1, 0.15) is 0 Å². The maximum Gasteiger partial charge on any atom is 0.415 e. The molecule has 1 fully saturated rings. The van der Waals surface area contributed by atoms with E-state index in [0.717, 1.165) is 16.6 Å². The summed E-state index contributed by atoms with van der Waals surface area (Å²) in [5, 5.41) is 0.591. The molecule has 3 heterocycles. The summed E-state index contributed by atoms with van der Waals surface area (Å²) in [4.78, 5) is 39.6. The second-order valence-corrected chi connectivity index (χ2v) is 6.98. The first-order valence-electron chi connectivity index (χ1n) is 8.83. The van der Waals surface area contributed by atoms with E-state index < -0.39 is 6.09 Å². The van der Waals surface area contributed by atoms with Gasteiger partial charge in [0.25, 0.3) is 5.91 Å². The number of ether oxygens (including phenoxy) is 1. The Hall–Kier alpha value is -3.13. The molecule has 4 rings (SSSR count). The van der Waals surface area contributed by atoms with Gasteiger partial charge in [0.2, 0.25) is 0 Å². The number of aryl methyl sites for hydroxylation is 1. The number of hydrogen-bond donors (Lipinski definition) is 1. The molecular weight excluding hydrogens is 382 g/mol. The number of carbonyl (C=O) groups is 2. The summed E-state index contributed by atoms with van der Waals surface area (Å²) < 4.78 is 5.29. The largest absolute Gasteiger partial charge is 0.415 e. The first-order chi connectivity index (χ1) is 13.5. The Labute approximate surface area is 166 Å². The number of aromatic nitrogens is 3. The second kappa shape index (κ2) is 7.47. The van der Waals surface area contributed by atoms with Gasteiger partial charge in [-0.25, -0.2) is 9.78 Å². The monoisotopic (exact) mass is 399 g/mol. The Kier molecular flexibility index (Phi) is 4.87. The Bertz CT molecular complexity index is 1030. The van der Waals surface area contributed by atoms with E-state index in [-0.39, 0.29) is 11.7 Å². The van der Waals surface area contributed by atoms with E-state index in [4.69, 9.17) is 16.3 Å². The molecule has 2 amide bonds. The van der Waals surface area contributed by atoms with Gasteiger partial charge >= 0.3 is 6.09 Å². The molecule has 8 nitrogen and oxygen atoms in total. The number of rotatable bonds is 2. The maximum atomic E-state index is 12.8. The lowest BCUT2D eigenvalue weighted by atomic mass is 10.2. The second-order valence-electron chi connectivity index (χ2n) is 6.54. The molecule has 3 aromatic rings.